The standard InChI is InChI=1S/C23H24N4O4S2/c1-15-4-8-19(9-5-15)27-13-17(12-21(27)28)22(29)25-23-24-20(14-32-23)16-6-10-18(11-7-16)26(2)33(3,30)31/h4-11,14,17H,12-13H2,1-3H3,(H,24,25,29)/t17-/m1/s1. The van der Waals surface area contributed by atoms with E-state index in [1.54, 1.807) is 29.2 Å². The molecular formula is C23H24N4O4S2. The Morgan fingerprint density at radius 2 is 1.82 bits per heavy atom. The predicted molar refractivity (Wildman–Crippen MR) is 131 cm³/mol. The molecular weight excluding hydrogens is 460 g/mol. The van der Waals surface area contributed by atoms with Crippen LogP contribution in [0.1, 0.15) is 12.0 Å². The summed E-state index contributed by atoms with van der Waals surface area (Å²) in [4.78, 5) is 31.3. The van der Waals surface area contributed by atoms with Crippen molar-refractivity contribution >= 4 is 49.7 Å². The molecule has 0 aliphatic carbocycles. The number of benzene rings is 2. The van der Waals surface area contributed by atoms with Crippen molar-refractivity contribution in [2.75, 3.05) is 34.4 Å². The minimum Gasteiger partial charge on any atom is -0.312 e. The molecule has 1 N–H and O–H groups in total. The Kier molecular flexibility index (Phi) is 6.22. The van der Waals surface area contributed by atoms with E-state index >= 15 is 0 Å². The predicted octanol–water partition coefficient (Wildman–Crippen LogP) is 3.51. The fraction of sp³-hybridized carbons (Fsp3) is 0.261. The van der Waals surface area contributed by atoms with Crippen LogP contribution in [-0.2, 0) is 19.6 Å². The van der Waals surface area contributed by atoms with E-state index < -0.39 is 15.9 Å². The summed E-state index contributed by atoms with van der Waals surface area (Å²) in [5.41, 5.74) is 3.93. The van der Waals surface area contributed by atoms with E-state index in [0.717, 1.165) is 23.1 Å². The molecule has 8 nitrogen and oxygen atoms in total. The number of anilines is 3. The van der Waals surface area contributed by atoms with Crippen molar-refractivity contribution in [2.45, 2.75) is 13.3 Å². The van der Waals surface area contributed by atoms with E-state index in [-0.39, 0.29) is 18.2 Å². The molecule has 1 aromatic heterocycles. The number of rotatable bonds is 6. The molecule has 3 aromatic rings. The first kappa shape index (κ1) is 22.9. The number of aromatic nitrogens is 1. The summed E-state index contributed by atoms with van der Waals surface area (Å²) in [6.45, 7) is 2.32. The van der Waals surface area contributed by atoms with E-state index in [1.165, 1.54) is 22.7 Å². The SMILES string of the molecule is Cc1ccc(N2C[C@H](C(=O)Nc3nc(-c4ccc(N(C)S(C)(=O)=O)cc4)cs3)CC2=O)cc1. The van der Waals surface area contributed by atoms with Gasteiger partial charge in [0.15, 0.2) is 5.13 Å². The minimum absolute atomic E-state index is 0.0713. The van der Waals surface area contributed by atoms with Crippen molar-refractivity contribution in [1.29, 1.82) is 0 Å². The summed E-state index contributed by atoms with van der Waals surface area (Å²) in [7, 11) is -1.84. The molecule has 1 fully saturated rings. The van der Waals surface area contributed by atoms with E-state index in [4.69, 9.17) is 0 Å². The van der Waals surface area contributed by atoms with Gasteiger partial charge < -0.3 is 10.2 Å². The molecule has 0 saturated carbocycles. The fourth-order valence-electron chi connectivity index (χ4n) is 3.56. The maximum atomic E-state index is 12.8. The normalized spacial score (nSPS) is 16.2. The Morgan fingerprint density at radius 3 is 2.45 bits per heavy atom. The molecule has 1 saturated heterocycles. The van der Waals surface area contributed by atoms with Gasteiger partial charge in [-0.3, -0.25) is 13.9 Å². The van der Waals surface area contributed by atoms with Crippen molar-refractivity contribution < 1.29 is 18.0 Å². The maximum Gasteiger partial charge on any atom is 0.231 e. The number of aryl methyl sites for hydroxylation is 1. The molecule has 1 atom stereocenters. The monoisotopic (exact) mass is 484 g/mol. The molecule has 0 bridgehead atoms. The zero-order valence-electron chi connectivity index (χ0n) is 18.5. The van der Waals surface area contributed by atoms with E-state index in [1.807, 2.05) is 36.6 Å². The summed E-state index contributed by atoms with van der Waals surface area (Å²) < 4.78 is 24.6. The number of sulfonamides is 1. The van der Waals surface area contributed by atoms with Gasteiger partial charge in [0.2, 0.25) is 21.8 Å². The third kappa shape index (κ3) is 5.07. The van der Waals surface area contributed by atoms with Gasteiger partial charge in [-0.2, -0.15) is 0 Å². The molecule has 2 heterocycles. The number of carbonyl (C=O) groups is 2. The molecule has 0 spiro atoms. The molecule has 0 unspecified atom stereocenters. The van der Waals surface area contributed by atoms with Gasteiger partial charge in [0.1, 0.15) is 0 Å². The van der Waals surface area contributed by atoms with Gasteiger partial charge in [-0.05, 0) is 31.2 Å². The van der Waals surface area contributed by atoms with E-state index in [9.17, 15) is 18.0 Å². The molecule has 1 aliphatic rings. The average Bonchev–Trinajstić information content (AvgIpc) is 3.40. The molecule has 2 aromatic carbocycles. The lowest BCUT2D eigenvalue weighted by atomic mass is 10.1. The summed E-state index contributed by atoms with van der Waals surface area (Å²) >= 11 is 1.30. The molecule has 10 heteroatoms. The van der Waals surface area contributed by atoms with Crippen molar-refractivity contribution in [3.8, 4) is 11.3 Å². The quantitative estimate of drug-likeness (QED) is 0.577. The third-order valence-electron chi connectivity index (χ3n) is 5.60. The summed E-state index contributed by atoms with van der Waals surface area (Å²) in [6.07, 6.45) is 1.31. The largest absolute Gasteiger partial charge is 0.312 e. The van der Waals surface area contributed by atoms with Crippen molar-refractivity contribution in [1.82, 2.24) is 4.98 Å². The summed E-state index contributed by atoms with van der Waals surface area (Å²) in [5.74, 6) is -0.751. The Bertz CT molecular complexity index is 1280. The lowest BCUT2D eigenvalue weighted by molar-refractivity contribution is -0.122. The van der Waals surface area contributed by atoms with Crippen LogP contribution in [0.2, 0.25) is 0 Å². The van der Waals surface area contributed by atoms with Gasteiger partial charge in [-0.1, -0.05) is 29.8 Å². The molecule has 1 aliphatic heterocycles. The lowest BCUT2D eigenvalue weighted by Gasteiger charge is -2.16. The van der Waals surface area contributed by atoms with Gasteiger partial charge in [0.25, 0.3) is 0 Å². The van der Waals surface area contributed by atoms with Gasteiger partial charge in [-0.15, -0.1) is 11.3 Å². The highest BCUT2D eigenvalue weighted by molar-refractivity contribution is 7.92. The van der Waals surface area contributed by atoms with Crippen molar-refractivity contribution in [3.63, 3.8) is 0 Å². The lowest BCUT2D eigenvalue weighted by Crippen LogP contribution is -2.28. The van der Waals surface area contributed by atoms with Crippen LogP contribution in [0.4, 0.5) is 16.5 Å². The van der Waals surface area contributed by atoms with E-state index in [2.05, 4.69) is 10.3 Å². The number of nitrogens with one attached hydrogen (secondary N) is 1. The molecule has 2 amide bonds. The highest BCUT2D eigenvalue weighted by Crippen LogP contribution is 2.29. The topological polar surface area (TPSA) is 99.7 Å². The molecule has 0 radical (unpaired) electrons. The van der Waals surface area contributed by atoms with Crippen LogP contribution in [-0.4, -0.2) is 45.1 Å². The van der Waals surface area contributed by atoms with Crippen LogP contribution in [0.25, 0.3) is 11.3 Å². The van der Waals surface area contributed by atoms with Crippen LogP contribution in [0, 0.1) is 12.8 Å². The van der Waals surface area contributed by atoms with Gasteiger partial charge in [-0.25, -0.2) is 13.4 Å². The smallest absolute Gasteiger partial charge is 0.231 e. The second-order valence-electron chi connectivity index (χ2n) is 8.05. The zero-order valence-corrected chi connectivity index (χ0v) is 20.1. The minimum atomic E-state index is -3.33. The first-order valence-corrected chi connectivity index (χ1v) is 13.0. The zero-order chi connectivity index (χ0) is 23.8. The second-order valence-corrected chi connectivity index (χ2v) is 10.9. The number of carbonyl (C=O) groups excluding carboxylic acids is 2. The number of nitrogens with zero attached hydrogens (tertiary/aromatic N) is 3. The Labute approximate surface area is 196 Å². The van der Waals surface area contributed by atoms with Gasteiger partial charge in [0.05, 0.1) is 23.6 Å². The van der Waals surface area contributed by atoms with Crippen LogP contribution in [0.5, 0.6) is 0 Å². The molecule has 33 heavy (non-hydrogen) atoms. The first-order chi connectivity index (χ1) is 15.6. The van der Waals surface area contributed by atoms with Crippen molar-refractivity contribution in [3.05, 3.63) is 59.5 Å². The Balaban J connectivity index is 1.41. The number of hydrogen-bond acceptors (Lipinski definition) is 6. The summed E-state index contributed by atoms with van der Waals surface area (Å²) in [6, 6.07) is 14.6. The maximum absolute atomic E-state index is 12.8. The highest BCUT2D eigenvalue weighted by Gasteiger charge is 2.35. The molecule has 4 rings (SSSR count). The van der Waals surface area contributed by atoms with Crippen LogP contribution < -0.4 is 14.5 Å². The van der Waals surface area contributed by atoms with Crippen molar-refractivity contribution in [2.24, 2.45) is 5.92 Å². The van der Waals surface area contributed by atoms with E-state index in [0.29, 0.717) is 23.1 Å². The van der Waals surface area contributed by atoms with Crippen LogP contribution in [0.3, 0.4) is 0 Å². The number of hydrogen-bond donors (Lipinski definition) is 1. The number of amides is 2. The van der Waals surface area contributed by atoms with Gasteiger partial charge >= 0.3 is 0 Å². The third-order valence-corrected chi connectivity index (χ3v) is 7.56. The highest BCUT2D eigenvalue weighted by atomic mass is 32.2. The first-order valence-electron chi connectivity index (χ1n) is 10.3. The molecule has 172 valence electrons. The second kappa shape index (κ2) is 8.95. The van der Waals surface area contributed by atoms with Gasteiger partial charge in [0, 0.05) is 36.6 Å². The fourth-order valence-corrected chi connectivity index (χ4v) is 4.79. The van der Waals surface area contributed by atoms with Crippen LogP contribution >= 0.6 is 11.3 Å². The number of thiazole rings is 1. The average molecular weight is 485 g/mol. The Hall–Kier alpha value is -3.24. The van der Waals surface area contributed by atoms with Crippen LogP contribution in [0.15, 0.2) is 53.9 Å². The summed E-state index contributed by atoms with van der Waals surface area (Å²) in [5, 5.41) is 5.10. The Morgan fingerprint density at radius 1 is 1.15 bits per heavy atom.